The molecule has 1 saturated carbocycles. The summed E-state index contributed by atoms with van der Waals surface area (Å²) in [7, 11) is -4.56. The number of sulfone groups is 1. The topological polar surface area (TPSA) is 66.5 Å². The predicted octanol–water partition coefficient (Wildman–Crippen LogP) is 1.86. The molecule has 1 aliphatic heterocycles. The van der Waals surface area contributed by atoms with Crippen molar-refractivity contribution in [2.45, 2.75) is 42.0 Å². The van der Waals surface area contributed by atoms with Gasteiger partial charge in [0.15, 0.2) is 0 Å². The number of benzene rings is 1. The average Bonchev–Trinajstić information content (AvgIpc) is 3.24. The van der Waals surface area contributed by atoms with E-state index in [1.54, 1.807) is 0 Å². The van der Waals surface area contributed by atoms with Gasteiger partial charge in [-0.2, -0.15) is 8.78 Å². The van der Waals surface area contributed by atoms with Crippen LogP contribution in [-0.4, -0.2) is 43.6 Å². The first-order valence-corrected chi connectivity index (χ1v) is 8.60. The molecule has 5 nitrogen and oxygen atoms in total. The standard InChI is InChI=1S/C14H16F2N2O3S/c15-14(16)22(20,21)12-5-1-9(2-6-12)17-10-7-13(19)18(8-10)11-3-4-11/h1-2,5-6,10-11,14,17H,3-4,7-8H2. The van der Waals surface area contributed by atoms with Crippen molar-refractivity contribution in [1.29, 1.82) is 0 Å². The van der Waals surface area contributed by atoms with Crippen molar-refractivity contribution in [3.8, 4) is 0 Å². The summed E-state index contributed by atoms with van der Waals surface area (Å²) in [4.78, 5) is 13.3. The molecule has 8 heteroatoms. The number of nitrogens with one attached hydrogen (secondary N) is 1. The lowest BCUT2D eigenvalue weighted by atomic mass is 10.2. The number of carbonyl (C=O) groups is 1. The highest BCUT2D eigenvalue weighted by Gasteiger charge is 2.39. The SMILES string of the molecule is O=C1CC(Nc2ccc(S(=O)(=O)C(F)F)cc2)CN1C1CC1. The number of alkyl halides is 2. The molecular formula is C14H16F2N2O3S. The first-order valence-electron chi connectivity index (χ1n) is 7.06. The second-order valence-electron chi connectivity index (χ2n) is 5.65. The van der Waals surface area contributed by atoms with E-state index in [9.17, 15) is 22.0 Å². The van der Waals surface area contributed by atoms with Crippen molar-refractivity contribution in [2.75, 3.05) is 11.9 Å². The average molecular weight is 330 g/mol. The number of nitrogens with zero attached hydrogens (tertiary/aromatic N) is 1. The molecule has 0 aromatic heterocycles. The Kier molecular flexibility index (Phi) is 3.80. The zero-order valence-corrected chi connectivity index (χ0v) is 12.5. The summed E-state index contributed by atoms with van der Waals surface area (Å²) in [5, 5.41) is 3.15. The summed E-state index contributed by atoms with van der Waals surface area (Å²) in [6.07, 6.45) is 2.50. The Morgan fingerprint density at radius 2 is 1.82 bits per heavy atom. The largest absolute Gasteiger partial charge is 0.380 e. The number of anilines is 1. The molecule has 1 saturated heterocycles. The van der Waals surface area contributed by atoms with Crippen LogP contribution in [0.25, 0.3) is 0 Å². The van der Waals surface area contributed by atoms with Crippen molar-refractivity contribution >= 4 is 21.4 Å². The molecule has 1 atom stereocenters. The monoisotopic (exact) mass is 330 g/mol. The van der Waals surface area contributed by atoms with E-state index in [0.29, 0.717) is 24.7 Å². The van der Waals surface area contributed by atoms with Gasteiger partial charge in [-0.15, -0.1) is 0 Å². The molecule has 1 amide bonds. The van der Waals surface area contributed by atoms with Crippen molar-refractivity contribution in [3.05, 3.63) is 24.3 Å². The molecule has 120 valence electrons. The lowest BCUT2D eigenvalue weighted by Gasteiger charge is -2.17. The van der Waals surface area contributed by atoms with Gasteiger partial charge >= 0.3 is 5.76 Å². The first-order chi connectivity index (χ1) is 10.4. The van der Waals surface area contributed by atoms with Crippen LogP contribution in [0.4, 0.5) is 14.5 Å². The zero-order valence-electron chi connectivity index (χ0n) is 11.7. The Morgan fingerprint density at radius 3 is 2.36 bits per heavy atom. The van der Waals surface area contributed by atoms with Gasteiger partial charge in [0.2, 0.25) is 15.7 Å². The third-order valence-electron chi connectivity index (χ3n) is 3.93. The third-order valence-corrected chi connectivity index (χ3v) is 5.33. The molecule has 1 N–H and O–H groups in total. The van der Waals surface area contributed by atoms with Crippen molar-refractivity contribution in [2.24, 2.45) is 0 Å². The highest BCUT2D eigenvalue weighted by atomic mass is 32.2. The molecule has 1 heterocycles. The molecule has 0 bridgehead atoms. The number of hydrogen-bond donors (Lipinski definition) is 1. The van der Waals surface area contributed by atoms with E-state index in [-0.39, 0.29) is 11.9 Å². The molecule has 3 rings (SSSR count). The van der Waals surface area contributed by atoms with Crippen LogP contribution < -0.4 is 5.32 Å². The summed E-state index contributed by atoms with van der Waals surface area (Å²) < 4.78 is 47.6. The van der Waals surface area contributed by atoms with E-state index in [1.807, 2.05) is 4.90 Å². The Bertz CT molecular complexity index is 672. The normalized spacial score (nSPS) is 22.4. The molecular weight excluding hydrogens is 314 g/mol. The Balaban J connectivity index is 1.66. The molecule has 0 spiro atoms. The number of hydrogen-bond acceptors (Lipinski definition) is 4. The molecule has 1 aliphatic carbocycles. The highest BCUT2D eigenvalue weighted by Crippen LogP contribution is 2.31. The summed E-state index contributed by atoms with van der Waals surface area (Å²) in [5.74, 6) is -3.30. The first kappa shape index (κ1) is 15.2. The second kappa shape index (κ2) is 5.49. The molecule has 1 unspecified atom stereocenters. The van der Waals surface area contributed by atoms with Crippen molar-refractivity contribution < 1.29 is 22.0 Å². The summed E-state index contributed by atoms with van der Waals surface area (Å²) in [6.45, 7) is 0.626. The molecule has 1 aromatic rings. The summed E-state index contributed by atoms with van der Waals surface area (Å²) >= 11 is 0. The van der Waals surface area contributed by atoms with Gasteiger partial charge < -0.3 is 10.2 Å². The molecule has 1 aromatic carbocycles. The fourth-order valence-corrected chi connectivity index (χ4v) is 3.37. The number of amides is 1. The minimum Gasteiger partial charge on any atom is -0.380 e. The van der Waals surface area contributed by atoms with Gasteiger partial charge in [0.1, 0.15) is 0 Å². The number of rotatable bonds is 5. The lowest BCUT2D eigenvalue weighted by Crippen LogP contribution is -2.29. The maximum atomic E-state index is 12.4. The maximum absolute atomic E-state index is 12.4. The van der Waals surface area contributed by atoms with Gasteiger partial charge in [-0.1, -0.05) is 0 Å². The van der Waals surface area contributed by atoms with Crippen LogP contribution in [0.1, 0.15) is 19.3 Å². The van der Waals surface area contributed by atoms with E-state index < -0.39 is 20.5 Å². The Labute approximate surface area is 127 Å². The minimum absolute atomic E-state index is 0.0364. The van der Waals surface area contributed by atoms with Gasteiger partial charge in [-0.25, -0.2) is 8.42 Å². The molecule has 0 radical (unpaired) electrons. The highest BCUT2D eigenvalue weighted by molar-refractivity contribution is 7.91. The fraction of sp³-hybridized carbons (Fsp3) is 0.500. The van der Waals surface area contributed by atoms with Crippen LogP contribution in [0.2, 0.25) is 0 Å². The number of halogens is 2. The molecule has 22 heavy (non-hydrogen) atoms. The van der Waals surface area contributed by atoms with Gasteiger partial charge in [0.05, 0.1) is 10.9 Å². The van der Waals surface area contributed by atoms with Crippen LogP contribution in [0.5, 0.6) is 0 Å². The number of carbonyl (C=O) groups excluding carboxylic acids is 1. The van der Waals surface area contributed by atoms with E-state index in [4.69, 9.17) is 0 Å². The Hall–Kier alpha value is -1.70. The smallest absolute Gasteiger partial charge is 0.341 e. The van der Waals surface area contributed by atoms with Gasteiger partial charge in [0, 0.05) is 24.7 Å². The van der Waals surface area contributed by atoms with E-state index in [0.717, 1.165) is 25.0 Å². The summed E-state index contributed by atoms with van der Waals surface area (Å²) in [5.41, 5.74) is 0.615. The van der Waals surface area contributed by atoms with E-state index in [2.05, 4.69) is 5.32 Å². The maximum Gasteiger partial charge on any atom is 0.341 e. The molecule has 2 fully saturated rings. The van der Waals surface area contributed by atoms with Gasteiger partial charge in [0.25, 0.3) is 0 Å². The van der Waals surface area contributed by atoms with Gasteiger partial charge in [-0.05, 0) is 37.1 Å². The van der Waals surface area contributed by atoms with Crippen molar-refractivity contribution in [3.63, 3.8) is 0 Å². The van der Waals surface area contributed by atoms with Gasteiger partial charge in [-0.3, -0.25) is 4.79 Å². The summed E-state index contributed by atoms with van der Waals surface area (Å²) in [6, 6.07) is 5.53. The fourth-order valence-electron chi connectivity index (χ4n) is 2.65. The lowest BCUT2D eigenvalue weighted by molar-refractivity contribution is -0.128. The third kappa shape index (κ3) is 2.92. The van der Waals surface area contributed by atoms with E-state index >= 15 is 0 Å². The minimum atomic E-state index is -4.56. The predicted molar refractivity (Wildman–Crippen MR) is 76.4 cm³/mol. The quantitative estimate of drug-likeness (QED) is 0.895. The Morgan fingerprint density at radius 1 is 1.18 bits per heavy atom. The number of likely N-dealkylation sites (tertiary alicyclic amines) is 1. The zero-order chi connectivity index (χ0) is 15.9. The van der Waals surface area contributed by atoms with E-state index in [1.165, 1.54) is 12.1 Å². The van der Waals surface area contributed by atoms with Crippen LogP contribution in [0.15, 0.2) is 29.2 Å². The van der Waals surface area contributed by atoms with Crippen LogP contribution in [0.3, 0.4) is 0 Å². The van der Waals surface area contributed by atoms with Crippen LogP contribution in [0, 0.1) is 0 Å². The van der Waals surface area contributed by atoms with Crippen LogP contribution in [-0.2, 0) is 14.6 Å². The second-order valence-corrected chi connectivity index (χ2v) is 7.57. The van der Waals surface area contributed by atoms with Crippen molar-refractivity contribution in [1.82, 2.24) is 4.90 Å². The van der Waals surface area contributed by atoms with Crippen LogP contribution >= 0.6 is 0 Å². The molecule has 2 aliphatic rings.